The number of aryl methyl sites for hydroxylation is 1. The van der Waals surface area contributed by atoms with E-state index in [1.54, 1.807) is 13.0 Å². The second kappa shape index (κ2) is 5.01. The fourth-order valence-electron chi connectivity index (χ4n) is 1.37. The fourth-order valence-corrected chi connectivity index (χ4v) is 1.61. The van der Waals surface area contributed by atoms with Gasteiger partial charge in [0.2, 0.25) is 5.95 Å². The zero-order valence-electron chi connectivity index (χ0n) is 9.51. The SMILES string of the molecule is Cc1cc(Cl)nc(NC(=O)c2ccc(O)cc2)n1. The Balaban J connectivity index is 2.18. The average molecular weight is 264 g/mol. The van der Waals surface area contributed by atoms with Crippen molar-refractivity contribution in [3.05, 3.63) is 46.7 Å². The Hall–Kier alpha value is -2.14. The summed E-state index contributed by atoms with van der Waals surface area (Å²) < 4.78 is 0. The number of carbonyl (C=O) groups is 1. The molecule has 1 aromatic carbocycles. The summed E-state index contributed by atoms with van der Waals surface area (Å²) in [6.07, 6.45) is 0. The van der Waals surface area contributed by atoms with Crippen LogP contribution in [-0.4, -0.2) is 21.0 Å². The van der Waals surface area contributed by atoms with Gasteiger partial charge in [0.25, 0.3) is 5.91 Å². The normalized spacial score (nSPS) is 10.1. The van der Waals surface area contributed by atoms with Gasteiger partial charge in [0, 0.05) is 11.3 Å². The maximum Gasteiger partial charge on any atom is 0.258 e. The first-order valence-corrected chi connectivity index (χ1v) is 5.54. The highest BCUT2D eigenvalue weighted by Gasteiger charge is 2.08. The van der Waals surface area contributed by atoms with Crippen molar-refractivity contribution in [1.29, 1.82) is 0 Å². The molecule has 0 aliphatic carbocycles. The minimum atomic E-state index is -0.364. The van der Waals surface area contributed by atoms with E-state index in [1.807, 2.05) is 0 Å². The number of hydrogen-bond acceptors (Lipinski definition) is 4. The monoisotopic (exact) mass is 263 g/mol. The van der Waals surface area contributed by atoms with Crippen LogP contribution in [0.2, 0.25) is 5.15 Å². The van der Waals surface area contributed by atoms with E-state index in [0.29, 0.717) is 11.3 Å². The molecule has 0 saturated heterocycles. The molecule has 5 nitrogen and oxygen atoms in total. The predicted molar refractivity (Wildman–Crippen MR) is 67.8 cm³/mol. The molecule has 2 N–H and O–H groups in total. The van der Waals surface area contributed by atoms with Gasteiger partial charge in [-0.15, -0.1) is 0 Å². The Bertz CT molecular complexity index is 564. The van der Waals surface area contributed by atoms with Gasteiger partial charge in [-0.05, 0) is 37.3 Å². The van der Waals surface area contributed by atoms with Crippen LogP contribution in [0.4, 0.5) is 5.95 Å². The number of rotatable bonds is 2. The highest BCUT2D eigenvalue weighted by Crippen LogP contribution is 2.13. The molecule has 92 valence electrons. The topological polar surface area (TPSA) is 75.1 Å². The third-order valence-corrected chi connectivity index (χ3v) is 2.37. The van der Waals surface area contributed by atoms with Gasteiger partial charge in [0.15, 0.2) is 0 Å². The lowest BCUT2D eigenvalue weighted by Crippen LogP contribution is -2.14. The smallest absolute Gasteiger partial charge is 0.258 e. The molecule has 1 aromatic heterocycles. The number of benzene rings is 1. The number of halogens is 1. The quantitative estimate of drug-likeness (QED) is 0.816. The minimum absolute atomic E-state index is 0.0985. The molecule has 0 radical (unpaired) electrons. The summed E-state index contributed by atoms with van der Waals surface area (Å²) in [4.78, 5) is 19.8. The first-order valence-electron chi connectivity index (χ1n) is 5.16. The Labute approximate surface area is 108 Å². The number of anilines is 1. The summed E-state index contributed by atoms with van der Waals surface area (Å²) in [7, 11) is 0. The summed E-state index contributed by atoms with van der Waals surface area (Å²) in [6.45, 7) is 1.75. The van der Waals surface area contributed by atoms with E-state index in [4.69, 9.17) is 16.7 Å². The molecule has 2 rings (SSSR count). The van der Waals surface area contributed by atoms with Crippen molar-refractivity contribution < 1.29 is 9.90 Å². The first kappa shape index (κ1) is 12.3. The second-order valence-electron chi connectivity index (χ2n) is 3.66. The summed E-state index contributed by atoms with van der Waals surface area (Å²) in [6, 6.07) is 7.46. The average Bonchev–Trinajstić information content (AvgIpc) is 2.28. The molecule has 0 atom stereocenters. The number of hydrogen-bond donors (Lipinski definition) is 2. The van der Waals surface area contributed by atoms with Gasteiger partial charge in [-0.3, -0.25) is 10.1 Å². The standard InChI is InChI=1S/C12H10ClN3O2/c1-7-6-10(13)15-12(14-7)16-11(18)8-2-4-9(17)5-3-8/h2-6,17H,1H3,(H,14,15,16,18). The van der Waals surface area contributed by atoms with Crippen molar-refractivity contribution in [3.63, 3.8) is 0 Å². The van der Waals surface area contributed by atoms with Crippen LogP contribution in [0, 0.1) is 6.92 Å². The van der Waals surface area contributed by atoms with E-state index >= 15 is 0 Å². The molecule has 0 spiro atoms. The molecule has 6 heteroatoms. The molecule has 0 fully saturated rings. The largest absolute Gasteiger partial charge is 0.508 e. The Morgan fingerprint density at radius 2 is 1.94 bits per heavy atom. The summed E-state index contributed by atoms with van der Waals surface area (Å²) in [5.74, 6) is -0.115. The van der Waals surface area contributed by atoms with Crippen molar-refractivity contribution in [2.45, 2.75) is 6.92 Å². The maximum atomic E-state index is 11.8. The third kappa shape index (κ3) is 2.95. The number of aromatic nitrogens is 2. The van der Waals surface area contributed by atoms with Crippen LogP contribution in [0.15, 0.2) is 30.3 Å². The lowest BCUT2D eigenvalue weighted by atomic mass is 10.2. The Morgan fingerprint density at radius 3 is 2.56 bits per heavy atom. The molecule has 18 heavy (non-hydrogen) atoms. The molecule has 0 aliphatic heterocycles. The molecule has 0 aliphatic rings. The Morgan fingerprint density at radius 1 is 1.28 bits per heavy atom. The minimum Gasteiger partial charge on any atom is -0.508 e. The van der Waals surface area contributed by atoms with E-state index in [2.05, 4.69) is 15.3 Å². The molecular weight excluding hydrogens is 254 g/mol. The van der Waals surface area contributed by atoms with Gasteiger partial charge in [-0.1, -0.05) is 11.6 Å². The van der Waals surface area contributed by atoms with Crippen LogP contribution in [0.25, 0.3) is 0 Å². The van der Waals surface area contributed by atoms with Crippen molar-refractivity contribution in [3.8, 4) is 5.75 Å². The van der Waals surface area contributed by atoms with Gasteiger partial charge >= 0.3 is 0 Å². The van der Waals surface area contributed by atoms with Crippen LogP contribution in [0.1, 0.15) is 16.1 Å². The lowest BCUT2D eigenvalue weighted by molar-refractivity contribution is 0.102. The number of nitrogens with zero attached hydrogens (tertiary/aromatic N) is 2. The summed E-state index contributed by atoms with van der Waals surface area (Å²) in [5, 5.41) is 11.9. The summed E-state index contributed by atoms with van der Waals surface area (Å²) >= 11 is 5.76. The number of amides is 1. The van der Waals surface area contributed by atoms with Crippen molar-refractivity contribution >= 4 is 23.5 Å². The van der Waals surface area contributed by atoms with Crippen molar-refractivity contribution in [1.82, 2.24) is 9.97 Å². The molecule has 0 bridgehead atoms. The fraction of sp³-hybridized carbons (Fsp3) is 0.0833. The number of carbonyl (C=O) groups excluding carboxylic acids is 1. The number of nitrogens with one attached hydrogen (secondary N) is 1. The van der Waals surface area contributed by atoms with Gasteiger partial charge in [-0.2, -0.15) is 0 Å². The van der Waals surface area contributed by atoms with Crippen molar-refractivity contribution in [2.75, 3.05) is 5.32 Å². The number of phenolic OH excluding ortho intramolecular Hbond substituents is 1. The highest BCUT2D eigenvalue weighted by atomic mass is 35.5. The second-order valence-corrected chi connectivity index (χ2v) is 4.04. The number of aromatic hydroxyl groups is 1. The van der Waals surface area contributed by atoms with E-state index < -0.39 is 0 Å². The molecular formula is C12H10ClN3O2. The number of phenols is 1. The molecule has 1 heterocycles. The van der Waals surface area contributed by atoms with E-state index in [0.717, 1.165) is 0 Å². The van der Waals surface area contributed by atoms with E-state index in [9.17, 15) is 4.79 Å². The maximum absolute atomic E-state index is 11.8. The van der Waals surface area contributed by atoms with Crippen LogP contribution in [-0.2, 0) is 0 Å². The molecule has 1 amide bonds. The molecule has 0 unspecified atom stereocenters. The van der Waals surface area contributed by atoms with Crippen molar-refractivity contribution in [2.24, 2.45) is 0 Å². The predicted octanol–water partition coefficient (Wildman–Crippen LogP) is 2.40. The van der Waals surface area contributed by atoms with E-state index in [-0.39, 0.29) is 22.8 Å². The van der Waals surface area contributed by atoms with Crippen LogP contribution < -0.4 is 5.32 Å². The zero-order valence-corrected chi connectivity index (χ0v) is 10.3. The zero-order chi connectivity index (χ0) is 13.1. The molecule has 2 aromatic rings. The van der Waals surface area contributed by atoms with Gasteiger partial charge < -0.3 is 5.11 Å². The first-order chi connectivity index (χ1) is 8.54. The highest BCUT2D eigenvalue weighted by molar-refractivity contribution is 6.29. The van der Waals surface area contributed by atoms with Crippen LogP contribution in [0.3, 0.4) is 0 Å². The van der Waals surface area contributed by atoms with Gasteiger partial charge in [0.1, 0.15) is 10.9 Å². The van der Waals surface area contributed by atoms with Crippen LogP contribution in [0.5, 0.6) is 5.75 Å². The van der Waals surface area contributed by atoms with Gasteiger partial charge in [0.05, 0.1) is 0 Å². The molecule has 0 saturated carbocycles. The van der Waals surface area contributed by atoms with E-state index in [1.165, 1.54) is 24.3 Å². The van der Waals surface area contributed by atoms with Crippen LogP contribution >= 0.6 is 11.6 Å². The van der Waals surface area contributed by atoms with Gasteiger partial charge in [-0.25, -0.2) is 9.97 Å². The lowest BCUT2D eigenvalue weighted by Gasteiger charge is -2.05. The summed E-state index contributed by atoms with van der Waals surface area (Å²) in [5.41, 5.74) is 1.06. The Kier molecular flexibility index (Phi) is 3.43. The third-order valence-electron chi connectivity index (χ3n) is 2.18.